The molecule has 1 aliphatic rings. The maximum absolute atomic E-state index is 3.63. The van der Waals surface area contributed by atoms with Crippen LogP contribution in [0.4, 0.5) is 0 Å². The van der Waals surface area contributed by atoms with Crippen molar-refractivity contribution in [1.82, 2.24) is 5.32 Å². The van der Waals surface area contributed by atoms with Crippen LogP contribution in [0.15, 0.2) is 24.3 Å². The standard InChI is InChI=1S/C15H23N/c1-12-3-5-14(6-4-12)7-8-15-11-13(2)9-10-16-15/h3-6,13,15-16H,7-11H2,1-2H3. The van der Waals surface area contributed by atoms with Crippen molar-refractivity contribution in [3.8, 4) is 0 Å². The van der Waals surface area contributed by atoms with Gasteiger partial charge in [0.05, 0.1) is 0 Å². The first-order valence-corrected chi connectivity index (χ1v) is 6.53. The number of aryl methyl sites for hydroxylation is 2. The van der Waals surface area contributed by atoms with E-state index in [0.29, 0.717) is 0 Å². The van der Waals surface area contributed by atoms with Crippen LogP contribution in [0.3, 0.4) is 0 Å². The Morgan fingerprint density at radius 1 is 1.25 bits per heavy atom. The van der Waals surface area contributed by atoms with Gasteiger partial charge in [-0.3, -0.25) is 0 Å². The minimum absolute atomic E-state index is 0.741. The number of rotatable bonds is 3. The first-order valence-electron chi connectivity index (χ1n) is 6.53. The number of hydrogen-bond donors (Lipinski definition) is 1. The van der Waals surface area contributed by atoms with Crippen LogP contribution in [0, 0.1) is 12.8 Å². The summed E-state index contributed by atoms with van der Waals surface area (Å²) in [6.07, 6.45) is 5.20. The highest BCUT2D eigenvalue weighted by Crippen LogP contribution is 2.18. The van der Waals surface area contributed by atoms with Gasteiger partial charge >= 0.3 is 0 Å². The summed E-state index contributed by atoms with van der Waals surface area (Å²) in [6.45, 7) is 5.73. The molecular formula is C15H23N. The van der Waals surface area contributed by atoms with E-state index in [1.165, 1.54) is 43.4 Å². The Hall–Kier alpha value is -0.820. The Morgan fingerprint density at radius 2 is 2.00 bits per heavy atom. The molecule has 0 saturated carbocycles. The number of piperidine rings is 1. The summed E-state index contributed by atoms with van der Waals surface area (Å²) in [4.78, 5) is 0. The van der Waals surface area contributed by atoms with Gasteiger partial charge in [-0.25, -0.2) is 0 Å². The molecule has 2 rings (SSSR count). The van der Waals surface area contributed by atoms with Gasteiger partial charge in [0, 0.05) is 6.04 Å². The van der Waals surface area contributed by atoms with Crippen molar-refractivity contribution >= 4 is 0 Å². The molecule has 1 heteroatoms. The topological polar surface area (TPSA) is 12.0 Å². The molecule has 0 radical (unpaired) electrons. The molecule has 1 fully saturated rings. The lowest BCUT2D eigenvalue weighted by Gasteiger charge is -2.28. The Labute approximate surface area is 99.3 Å². The smallest absolute Gasteiger partial charge is 0.00727 e. The largest absolute Gasteiger partial charge is 0.314 e. The molecule has 1 aromatic rings. The highest BCUT2D eigenvalue weighted by molar-refractivity contribution is 5.21. The van der Waals surface area contributed by atoms with Crippen molar-refractivity contribution < 1.29 is 0 Å². The quantitative estimate of drug-likeness (QED) is 0.819. The van der Waals surface area contributed by atoms with Crippen LogP contribution in [-0.2, 0) is 6.42 Å². The van der Waals surface area contributed by atoms with Gasteiger partial charge in [0.2, 0.25) is 0 Å². The van der Waals surface area contributed by atoms with Crippen LogP contribution in [0.2, 0.25) is 0 Å². The van der Waals surface area contributed by atoms with Crippen molar-refractivity contribution in [1.29, 1.82) is 0 Å². The summed E-state index contributed by atoms with van der Waals surface area (Å²) < 4.78 is 0. The van der Waals surface area contributed by atoms with E-state index >= 15 is 0 Å². The summed E-state index contributed by atoms with van der Waals surface area (Å²) in [6, 6.07) is 9.70. The molecule has 1 N–H and O–H groups in total. The van der Waals surface area contributed by atoms with E-state index in [0.717, 1.165) is 12.0 Å². The SMILES string of the molecule is Cc1ccc(CCC2CC(C)CCN2)cc1. The molecule has 1 heterocycles. The average molecular weight is 217 g/mol. The second kappa shape index (κ2) is 5.49. The summed E-state index contributed by atoms with van der Waals surface area (Å²) >= 11 is 0. The van der Waals surface area contributed by atoms with Gasteiger partial charge in [-0.05, 0) is 50.6 Å². The van der Waals surface area contributed by atoms with Gasteiger partial charge in [-0.15, -0.1) is 0 Å². The van der Waals surface area contributed by atoms with E-state index in [2.05, 4.69) is 43.4 Å². The van der Waals surface area contributed by atoms with E-state index in [4.69, 9.17) is 0 Å². The molecule has 2 atom stereocenters. The molecule has 0 aliphatic carbocycles. The molecule has 0 amide bonds. The molecule has 16 heavy (non-hydrogen) atoms. The van der Waals surface area contributed by atoms with Gasteiger partial charge in [0.15, 0.2) is 0 Å². The molecule has 88 valence electrons. The van der Waals surface area contributed by atoms with Crippen LogP contribution in [0.25, 0.3) is 0 Å². The molecule has 1 aliphatic heterocycles. The second-order valence-electron chi connectivity index (χ2n) is 5.30. The molecule has 2 unspecified atom stereocenters. The first-order chi connectivity index (χ1) is 7.74. The number of hydrogen-bond acceptors (Lipinski definition) is 1. The van der Waals surface area contributed by atoms with Crippen LogP contribution >= 0.6 is 0 Å². The van der Waals surface area contributed by atoms with E-state index in [1.807, 2.05) is 0 Å². The van der Waals surface area contributed by atoms with Crippen molar-refractivity contribution in [3.05, 3.63) is 35.4 Å². The Balaban J connectivity index is 1.80. The van der Waals surface area contributed by atoms with E-state index < -0.39 is 0 Å². The van der Waals surface area contributed by atoms with Crippen molar-refractivity contribution in [3.63, 3.8) is 0 Å². The summed E-state index contributed by atoms with van der Waals surface area (Å²) in [5.41, 5.74) is 2.83. The van der Waals surface area contributed by atoms with E-state index in [-0.39, 0.29) is 0 Å². The molecular weight excluding hydrogens is 194 g/mol. The maximum atomic E-state index is 3.63. The number of nitrogens with one attached hydrogen (secondary N) is 1. The fourth-order valence-corrected chi connectivity index (χ4v) is 2.54. The normalized spacial score (nSPS) is 25.6. The Bertz CT molecular complexity index is 315. The van der Waals surface area contributed by atoms with Crippen molar-refractivity contribution in [2.45, 2.75) is 45.6 Å². The predicted molar refractivity (Wildman–Crippen MR) is 69.7 cm³/mol. The average Bonchev–Trinajstić information content (AvgIpc) is 2.28. The molecule has 0 aromatic heterocycles. The van der Waals surface area contributed by atoms with E-state index in [1.54, 1.807) is 0 Å². The second-order valence-corrected chi connectivity index (χ2v) is 5.30. The molecule has 0 spiro atoms. The Morgan fingerprint density at radius 3 is 2.69 bits per heavy atom. The highest BCUT2D eigenvalue weighted by Gasteiger charge is 2.17. The van der Waals surface area contributed by atoms with Crippen molar-refractivity contribution in [2.24, 2.45) is 5.92 Å². The molecule has 1 aromatic carbocycles. The zero-order chi connectivity index (χ0) is 11.4. The summed E-state index contributed by atoms with van der Waals surface area (Å²) in [5, 5.41) is 3.63. The minimum Gasteiger partial charge on any atom is -0.314 e. The Kier molecular flexibility index (Phi) is 4.00. The van der Waals surface area contributed by atoms with Gasteiger partial charge in [0.25, 0.3) is 0 Å². The highest BCUT2D eigenvalue weighted by atomic mass is 14.9. The fraction of sp³-hybridized carbons (Fsp3) is 0.600. The summed E-state index contributed by atoms with van der Waals surface area (Å²) in [7, 11) is 0. The van der Waals surface area contributed by atoms with Crippen molar-refractivity contribution in [2.75, 3.05) is 6.54 Å². The van der Waals surface area contributed by atoms with Crippen LogP contribution in [-0.4, -0.2) is 12.6 Å². The maximum Gasteiger partial charge on any atom is 0.00727 e. The lowest BCUT2D eigenvalue weighted by molar-refractivity contribution is 0.308. The molecule has 1 saturated heterocycles. The van der Waals surface area contributed by atoms with Gasteiger partial charge in [0.1, 0.15) is 0 Å². The van der Waals surface area contributed by atoms with Crippen LogP contribution in [0.5, 0.6) is 0 Å². The van der Waals surface area contributed by atoms with Gasteiger partial charge < -0.3 is 5.32 Å². The predicted octanol–water partition coefficient (Wildman–Crippen LogP) is 3.32. The zero-order valence-electron chi connectivity index (χ0n) is 10.5. The minimum atomic E-state index is 0.741. The first kappa shape index (κ1) is 11.7. The fourth-order valence-electron chi connectivity index (χ4n) is 2.54. The van der Waals surface area contributed by atoms with Crippen LogP contribution in [0.1, 0.15) is 37.3 Å². The third-order valence-corrected chi connectivity index (χ3v) is 3.66. The third kappa shape index (κ3) is 3.34. The van der Waals surface area contributed by atoms with Crippen LogP contribution < -0.4 is 5.32 Å². The zero-order valence-corrected chi connectivity index (χ0v) is 10.5. The van der Waals surface area contributed by atoms with Gasteiger partial charge in [-0.1, -0.05) is 36.8 Å². The number of benzene rings is 1. The lowest BCUT2D eigenvalue weighted by Crippen LogP contribution is -2.37. The molecule has 0 bridgehead atoms. The lowest BCUT2D eigenvalue weighted by atomic mass is 9.91. The third-order valence-electron chi connectivity index (χ3n) is 3.66. The molecule has 1 nitrogen and oxygen atoms in total. The van der Waals surface area contributed by atoms with Gasteiger partial charge in [-0.2, -0.15) is 0 Å². The monoisotopic (exact) mass is 217 g/mol. The summed E-state index contributed by atoms with van der Waals surface area (Å²) in [5.74, 6) is 0.907. The van der Waals surface area contributed by atoms with E-state index in [9.17, 15) is 0 Å².